The summed E-state index contributed by atoms with van der Waals surface area (Å²) < 4.78 is 39.0. The van der Waals surface area contributed by atoms with E-state index in [2.05, 4.69) is 4.57 Å². The Morgan fingerprint density at radius 2 is 1.89 bits per heavy atom. The molecule has 0 aliphatic carbocycles. The fraction of sp³-hybridized carbons (Fsp3) is 0.464. The predicted molar refractivity (Wildman–Crippen MR) is 137 cm³/mol. The van der Waals surface area contributed by atoms with Gasteiger partial charge in [0.1, 0.15) is 5.82 Å². The number of aliphatic carboxylic acids is 1. The lowest BCUT2D eigenvalue weighted by Crippen LogP contribution is -2.42. The molecule has 2 aromatic carbocycles. The molecule has 202 valence electrons. The highest BCUT2D eigenvalue weighted by molar-refractivity contribution is 5.95. The van der Waals surface area contributed by atoms with E-state index in [0.29, 0.717) is 24.6 Å². The van der Waals surface area contributed by atoms with Gasteiger partial charge in [0.15, 0.2) is 0 Å². The van der Waals surface area contributed by atoms with Gasteiger partial charge in [0.05, 0.1) is 42.4 Å². The van der Waals surface area contributed by atoms with Crippen molar-refractivity contribution in [3.63, 3.8) is 0 Å². The lowest BCUT2D eigenvalue weighted by atomic mass is 9.94. The van der Waals surface area contributed by atoms with Crippen molar-refractivity contribution in [3.05, 3.63) is 58.9 Å². The smallest absolute Gasteiger partial charge is 0.414 e. The van der Waals surface area contributed by atoms with E-state index in [-0.39, 0.29) is 24.1 Å². The van der Waals surface area contributed by atoms with Crippen LogP contribution in [0.2, 0.25) is 0 Å². The van der Waals surface area contributed by atoms with Gasteiger partial charge in [-0.15, -0.1) is 0 Å². The van der Waals surface area contributed by atoms with Gasteiger partial charge in [-0.2, -0.15) is 0 Å². The molecule has 0 spiro atoms. The lowest BCUT2D eigenvalue weighted by molar-refractivity contribution is -0.138. The highest BCUT2D eigenvalue weighted by Crippen LogP contribution is 2.39. The highest BCUT2D eigenvalue weighted by atomic mass is 19.3. The van der Waals surface area contributed by atoms with Gasteiger partial charge in [0, 0.05) is 30.2 Å². The standard InChI is InChI=1S/C28H31F2N3O5/c1-16-5-10-20-22(32(16)28(36)37-2)11-12-23-25(20)31-24(33(23)19-4-3-13-38-15-19)14-21(27(34)35)17-6-8-18(9-7-17)26(29)30/h6-9,11-12,16,19,21,26H,3-5,10,13-15H2,1-2H3,(H,34,35)/t16-,19-,21?/m0/s1. The highest BCUT2D eigenvalue weighted by Gasteiger charge is 2.33. The van der Waals surface area contributed by atoms with Crippen LogP contribution in [0.4, 0.5) is 19.3 Å². The number of ether oxygens (including phenoxy) is 2. The molecule has 3 atom stereocenters. The molecule has 8 nitrogen and oxygen atoms in total. The summed E-state index contributed by atoms with van der Waals surface area (Å²) in [6.07, 6.45) is 0.222. The van der Waals surface area contributed by atoms with Crippen molar-refractivity contribution in [1.82, 2.24) is 9.55 Å². The summed E-state index contributed by atoms with van der Waals surface area (Å²) in [4.78, 5) is 31.6. The fourth-order valence-electron chi connectivity index (χ4n) is 5.71. The van der Waals surface area contributed by atoms with Crippen LogP contribution < -0.4 is 4.90 Å². The summed E-state index contributed by atoms with van der Waals surface area (Å²) in [7, 11) is 1.36. The molecule has 1 aromatic heterocycles. The number of carboxylic acid groups (broad SMARTS) is 1. The number of nitrogens with zero attached hydrogens (tertiary/aromatic N) is 3. The third-order valence-electron chi connectivity index (χ3n) is 7.68. The number of carbonyl (C=O) groups is 2. The first-order valence-corrected chi connectivity index (χ1v) is 12.9. The van der Waals surface area contributed by atoms with Gasteiger partial charge in [-0.3, -0.25) is 9.69 Å². The van der Waals surface area contributed by atoms with E-state index in [1.165, 1.54) is 31.4 Å². The molecule has 1 amide bonds. The van der Waals surface area contributed by atoms with Gasteiger partial charge in [-0.05, 0) is 50.3 Å². The molecule has 0 radical (unpaired) electrons. The molecule has 2 aliphatic heterocycles. The number of aryl methyl sites for hydroxylation is 1. The summed E-state index contributed by atoms with van der Waals surface area (Å²) >= 11 is 0. The van der Waals surface area contributed by atoms with Gasteiger partial charge in [0.25, 0.3) is 6.43 Å². The number of hydrogen-bond acceptors (Lipinski definition) is 5. The summed E-state index contributed by atoms with van der Waals surface area (Å²) in [6.45, 7) is 3.14. The van der Waals surface area contributed by atoms with Gasteiger partial charge in [-0.1, -0.05) is 24.3 Å². The number of carboxylic acids is 1. The second-order valence-corrected chi connectivity index (χ2v) is 9.99. The molecule has 1 N–H and O–H groups in total. The number of imidazole rings is 1. The van der Waals surface area contributed by atoms with Crippen LogP contribution in [0.1, 0.15) is 67.1 Å². The number of rotatable bonds is 6. The van der Waals surface area contributed by atoms with Crippen LogP contribution in [0.3, 0.4) is 0 Å². The van der Waals surface area contributed by atoms with E-state index in [1.807, 2.05) is 19.1 Å². The van der Waals surface area contributed by atoms with E-state index in [9.17, 15) is 23.5 Å². The number of halogens is 2. The van der Waals surface area contributed by atoms with Crippen LogP contribution in [-0.2, 0) is 27.1 Å². The molecule has 1 saturated heterocycles. The summed E-state index contributed by atoms with van der Waals surface area (Å²) in [5.41, 5.74) is 3.56. The molecule has 2 aliphatic rings. The Kier molecular flexibility index (Phi) is 7.34. The van der Waals surface area contributed by atoms with Crippen molar-refractivity contribution in [2.24, 2.45) is 0 Å². The molecule has 3 heterocycles. The van der Waals surface area contributed by atoms with Crippen molar-refractivity contribution < 1.29 is 33.0 Å². The number of anilines is 1. The number of alkyl halides is 2. The number of benzene rings is 2. The number of carbonyl (C=O) groups excluding carboxylic acids is 1. The third-order valence-corrected chi connectivity index (χ3v) is 7.68. The summed E-state index contributed by atoms with van der Waals surface area (Å²) in [5.74, 6) is -1.43. The molecule has 1 unspecified atom stereocenters. The maximum absolute atomic E-state index is 13.1. The van der Waals surface area contributed by atoms with Crippen molar-refractivity contribution in [1.29, 1.82) is 0 Å². The zero-order chi connectivity index (χ0) is 27.0. The second-order valence-electron chi connectivity index (χ2n) is 9.99. The number of methoxy groups -OCH3 is 1. The molecule has 1 fully saturated rings. The molecule has 0 bridgehead atoms. The van der Waals surface area contributed by atoms with Crippen LogP contribution in [0.15, 0.2) is 36.4 Å². The van der Waals surface area contributed by atoms with E-state index < -0.39 is 24.4 Å². The zero-order valence-corrected chi connectivity index (χ0v) is 21.4. The molecular weight excluding hydrogens is 496 g/mol. The topological polar surface area (TPSA) is 93.9 Å². The average molecular weight is 528 g/mol. The van der Waals surface area contributed by atoms with E-state index in [1.54, 1.807) is 4.90 Å². The number of amides is 1. The monoisotopic (exact) mass is 527 g/mol. The average Bonchev–Trinajstić information content (AvgIpc) is 3.30. The normalized spacial score (nSPS) is 20.4. The van der Waals surface area contributed by atoms with E-state index >= 15 is 0 Å². The Hall–Kier alpha value is -3.53. The largest absolute Gasteiger partial charge is 0.481 e. The molecule has 10 heteroatoms. The minimum absolute atomic E-state index is 0.0170. The minimum Gasteiger partial charge on any atom is -0.481 e. The first-order chi connectivity index (χ1) is 18.3. The van der Waals surface area contributed by atoms with Crippen molar-refractivity contribution in [2.75, 3.05) is 25.2 Å². The first kappa shape index (κ1) is 26.1. The summed E-state index contributed by atoms with van der Waals surface area (Å²) in [6, 6.07) is 9.24. The van der Waals surface area contributed by atoms with Gasteiger partial charge in [0.2, 0.25) is 0 Å². The fourth-order valence-corrected chi connectivity index (χ4v) is 5.71. The number of hydrogen-bond donors (Lipinski definition) is 1. The number of fused-ring (bicyclic) bond motifs is 3. The van der Waals surface area contributed by atoms with Crippen LogP contribution >= 0.6 is 0 Å². The quantitative estimate of drug-likeness (QED) is 0.446. The van der Waals surface area contributed by atoms with Crippen LogP contribution in [0.25, 0.3) is 11.0 Å². The second kappa shape index (κ2) is 10.7. The molecule has 5 rings (SSSR count). The summed E-state index contributed by atoms with van der Waals surface area (Å²) in [5, 5.41) is 10.1. The molecule has 3 aromatic rings. The number of aromatic nitrogens is 2. The Balaban J connectivity index is 1.62. The Morgan fingerprint density at radius 1 is 1.16 bits per heavy atom. The lowest BCUT2D eigenvalue weighted by Gasteiger charge is -2.34. The first-order valence-electron chi connectivity index (χ1n) is 12.9. The van der Waals surface area contributed by atoms with Crippen LogP contribution in [0, 0.1) is 0 Å². The molecule has 38 heavy (non-hydrogen) atoms. The van der Waals surface area contributed by atoms with Crippen molar-refractivity contribution >= 4 is 28.8 Å². The van der Waals surface area contributed by atoms with Crippen molar-refractivity contribution in [2.45, 2.75) is 63.5 Å². The maximum atomic E-state index is 13.1. The van der Waals surface area contributed by atoms with Crippen LogP contribution in [-0.4, -0.2) is 53.1 Å². The predicted octanol–water partition coefficient (Wildman–Crippen LogP) is 5.64. The van der Waals surface area contributed by atoms with Gasteiger partial charge < -0.3 is 19.1 Å². The van der Waals surface area contributed by atoms with Gasteiger partial charge in [-0.25, -0.2) is 18.6 Å². The zero-order valence-electron chi connectivity index (χ0n) is 21.4. The Bertz CT molecular complexity index is 1330. The SMILES string of the molecule is COC(=O)N1c2ccc3c(nc(CC(C(=O)O)c4ccc(C(F)F)cc4)n3[C@H]3CCCOC3)c2CC[C@@H]1C. The Labute approximate surface area is 219 Å². The Morgan fingerprint density at radius 3 is 2.53 bits per heavy atom. The van der Waals surface area contributed by atoms with E-state index in [4.69, 9.17) is 14.5 Å². The third kappa shape index (κ3) is 4.73. The molecular formula is C28H31F2N3O5. The van der Waals surface area contributed by atoms with Gasteiger partial charge >= 0.3 is 12.1 Å². The van der Waals surface area contributed by atoms with E-state index in [0.717, 1.165) is 48.0 Å². The van der Waals surface area contributed by atoms with Crippen molar-refractivity contribution in [3.8, 4) is 0 Å². The molecule has 0 saturated carbocycles. The maximum Gasteiger partial charge on any atom is 0.414 e. The van der Waals surface area contributed by atoms with Crippen LogP contribution in [0.5, 0.6) is 0 Å². The minimum atomic E-state index is -2.62.